The van der Waals surface area contributed by atoms with Gasteiger partial charge in [0, 0.05) is 19.3 Å². The number of nitrogens with zero attached hydrogens (tertiary/aromatic N) is 3. The molecule has 0 N–H and O–H groups in total. The fourth-order valence-electron chi connectivity index (χ4n) is 8.19. The summed E-state index contributed by atoms with van der Waals surface area (Å²) in [4.78, 5) is 0. The van der Waals surface area contributed by atoms with Crippen molar-refractivity contribution in [2.75, 3.05) is 58.9 Å². The summed E-state index contributed by atoms with van der Waals surface area (Å²) in [6.45, 7) is 24.3. The van der Waals surface area contributed by atoms with Crippen LogP contribution in [0.15, 0.2) is 0 Å². The van der Waals surface area contributed by atoms with Crippen LogP contribution < -0.4 is 15.1 Å². The second kappa shape index (κ2) is 41.6. The Labute approximate surface area is 400 Å². The third kappa shape index (κ3) is 40.3. The second-order valence-electron chi connectivity index (χ2n) is 18.4. The van der Waals surface area contributed by atoms with Gasteiger partial charge in [-0.1, -0.05) is 120 Å². The van der Waals surface area contributed by atoms with Gasteiger partial charge in [-0.3, -0.25) is 20.8 Å². The average molecular weight is 1000 g/mol. The standard InChI is InChI=1S/3C16H32F4N.BO3/c3*1-4-7-12-21(13-8-5-2,14-9-6-3)15(17)10-11-16(18,19)20;2-1(3)4/h3*15H,4-14H2,1-3H3;/q3*+1;-3. The molecule has 0 aliphatic carbocycles. The van der Waals surface area contributed by atoms with E-state index in [1.165, 1.54) is 0 Å². The first-order valence-electron chi connectivity index (χ1n) is 25.8. The summed E-state index contributed by atoms with van der Waals surface area (Å²) in [5, 5.41) is 25.2. The van der Waals surface area contributed by atoms with Gasteiger partial charge in [0.2, 0.25) is 18.9 Å². The highest BCUT2D eigenvalue weighted by Crippen LogP contribution is 2.32. The Morgan fingerprint density at radius 3 is 0.522 bits per heavy atom. The number of hydrogen-bond acceptors (Lipinski definition) is 3. The number of hydrogen-bond donors (Lipinski definition) is 0. The Bertz CT molecular complexity index is 885. The number of rotatable bonds is 36. The molecule has 3 unspecified atom stereocenters. The molecule has 0 rings (SSSR count). The Morgan fingerprint density at radius 2 is 0.433 bits per heavy atom. The van der Waals surface area contributed by atoms with Crippen LogP contribution in [0.1, 0.15) is 216 Å². The summed E-state index contributed by atoms with van der Waals surface area (Å²) >= 11 is 0. The maximum atomic E-state index is 14.7. The molecule has 0 bridgehead atoms. The van der Waals surface area contributed by atoms with Gasteiger partial charge >= 0.3 is 18.5 Å². The van der Waals surface area contributed by atoms with E-state index in [0.29, 0.717) is 58.9 Å². The van der Waals surface area contributed by atoms with Crippen molar-refractivity contribution >= 4 is 7.32 Å². The van der Waals surface area contributed by atoms with Crippen LogP contribution >= 0.6 is 0 Å². The van der Waals surface area contributed by atoms with E-state index in [1.807, 2.05) is 62.3 Å². The number of alkyl halides is 12. The second-order valence-corrected chi connectivity index (χ2v) is 18.4. The third-order valence-electron chi connectivity index (χ3n) is 12.4. The molecule has 0 aromatic carbocycles. The number of quaternary nitrogens is 3. The molecular weight excluding hydrogens is 905 g/mol. The van der Waals surface area contributed by atoms with Crippen LogP contribution in [0.2, 0.25) is 0 Å². The number of unbranched alkanes of at least 4 members (excludes halogenated alkanes) is 9. The van der Waals surface area contributed by atoms with Crippen molar-refractivity contribution < 1.29 is 81.2 Å². The highest BCUT2D eigenvalue weighted by molar-refractivity contribution is 6.24. The Morgan fingerprint density at radius 1 is 0.313 bits per heavy atom. The predicted molar refractivity (Wildman–Crippen MR) is 245 cm³/mol. The van der Waals surface area contributed by atoms with Crippen molar-refractivity contribution in [2.24, 2.45) is 0 Å². The van der Waals surface area contributed by atoms with E-state index in [9.17, 15) is 52.7 Å². The van der Waals surface area contributed by atoms with Gasteiger partial charge in [0.25, 0.3) is 0 Å². The van der Waals surface area contributed by atoms with Crippen LogP contribution in [0.4, 0.5) is 52.7 Å². The topological polar surface area (TPSA) is 69.2 Å². The maximum absolute atomic E-state index is 14.7. The summed E-state index contributed by atoms with van der Waals surface area (Å²) in [6.07, 6.45) is -4.81. The van der Waals surface area contributed by atoms with Crippen LogP contribution in [0, 0.1) is 0 Å². The molecule has 0 aromatic heterocycles. The summed E-state index contributed by atoms with van der Waals surface area (Å²) in [5.74, 6) is 0. The van der Waals surface area contributed by atoms with Gasteiger partial charge in [0.1, 0.15) is 0 Å². The molecule has 0 spiro atoms. The zero-order chi connectivity index (χ0) is 52.6. The lowest BCUT2D eigenvalue weighted by atomic mass is 10.1. The Balaban J connectivity index is -0.000000426. The molecule has 0 aromatic rings. The Hall–Kier alpha value is -1.02. The van der Waals surface area contributed by atoms with Crippen molar-refractivity contribution in [1.82, 2.24) is 0 Å². The van der Waals surface area contributed by atoms with E-state index in [2.05, 4.69) is 0 Å². The van der Waals surface area contributed by atoms with Gasteiger partial charge in [-0.05, 0) is 57.8 Å². The normalized spacial score (nSPS) is 14.0. The van der Waals surface area contributed by atoms with E-state index in [-0.39, 0.29) is 13.4 Å². The van der Waals surface area contributed by atoms with E-state index < -0.39 is 83.3 Å². The molecule has 0 saturated heterocycles. The zero-order valence-electron chi connectivity index (χ0n) is 43.2. The predicted octanol–water partition coefficient (Wildman–Crippen LogP) is 13.6. The van der Waals surface area contributed by atoms with Crippen molar-refractivity contribution in [3.05, 3.63) is 0 Å². The molecule has 0 heterocycles. The molecule has 0 saturated carbocycles. The van der Waals surface area contributed by atoms with Crippen LogP contribution in [0.5, 0.6) is 0 Å². The molecule has 0 radical (unpaired) electrons. The first-order valence-corrected chi connectivity index (χ1v) is 25.8. The maximum Gasteiger partial charge on any atom is 0.389 e. The van der Waals surface area contributed by atoms with Crippen molar-refractivity contribution in [2.45, 2.75) is 254 Å². The molecule has 0 aliphatic rings. The lowest BCUT2D eigenvalue weighted by molar-refractivity contribution is -0.966. The van der Waals surface area contributed by atoms with Crippen LogP contribution in [-0.2, 0) is 0 Å². The van der Waals surface area contributed by atoms with E-state index in [1.54, 1.807) is 0 Å². The van der Waals surface area contributed by atoms with Crippen molar-refractivity contribution in [3.63, 3.8) is 0 Å². The van der Waals surface area contributed by atoms with Gasteiger partial charge in [-0.25, -0.2) is 0 Å². The summed E-state index contributed by atoms with van der Waals surface area (Å²) < 4.78 is 156. The van der Waals surface area contributed by atoms with Crippen LogP contribution in [0.3, 0.4) is 0 Å². The summed E-state index contributed by atoms with van der Waals surface area (Å²) in [5.41, 5.74) is 0. The zero-order valence-corrected chi connectivity index (χ0v) is 43.2. The highest BCUT2D eigenvalue weighted by atomic mass is 19.4. The lowest BCUT2D eigenvalue weighted by Gasteiger charge is -2.41. The fourth-order valence-corrected chi connectivity index (χ4v) is 8.19. The summed E-state index contributed by atoms with van der Waals surface area (Å²) in [6, 6.07) is 0. The molecule has 0 fully saturated rings. The SMILES string of the molecule is CCCC[N+](CCCC)(CCCC)C(F)CCC(F)(F)F.CCCC[N+](CCCC)(CCCC)C(F)CCC(F)(F)F.CCCC[N+](CCCC)(CCCC)C(F)CCC(F)(F)F.[O-]B([O-])[O-]. The van der Waals surface area contributed by atoms with Gasteiger partial charge in [0.05, 0.1) is 78.2 Å². The van der Waals surface area contributed by atoms with Crippen LogP contribution in [-0.4, -0.2) is 117 Å². The highest BCUT2D eigenvalue weighted by Gasteiger charge is 2.41. The fraction of sp³-hybridized carbons (Fsp3) is 1.00. The molecule has 6 nitrogen and oxygen atoms in total. The largest absolute Gasteiger partial charge is 0.907 e. The van der Waals surface area contributed by atoms with E-state index in [0.717, 1.165) is 116 Å². The molecule has 3 atom stereocenters. The monoisotopic (exact) mass is 1000 g/mol. The number of halogens is 12. The minimum absolute atomic E-state index is 0.228. The molecule has 0 amide bonds. The molecule has 408 valence electrons. The third-order valence-corrected chi connectivity index (χ3v) is 12.4. The van der Waals surface area contributed by atoms with Gasteiger partial charge < -0.3 is 15.1 Å². The quantitative estimate of drug-likeness (QED) is 0.0272. The van der Waals surface area contributed by atoms with E-state index in [4.69, 9.17) is 15.1 Å². The smallest absolute Gasteiger partial charge is 0.389 e. The lowest BCUT2D eigenvalue weighted by Crippen LogP contribution is -2.56. The molecule has 67 heavy (non-hydrogen) atoms. The van der Waals surface area contributed by atoms with Crippen molar-refractivity contribution in [1.29, 1.82) is 0 Å². The van der Waals surface area contributed by atoms with Gasteiger partial charge in [0.15, 0.2) is 0 Å². The van der Waals surface area contributed by atoms with Crippen LogP contribution in [0.25, 0.3) is 0 Å². The minimum Gasteiger partial charge on any atom is -0.907 e. The molecule has 0 aliphatic heterocycles. The molecule has 19 heteroatoms. The van der Waals surface area contributed by atoms with Gasteiger partial charge in [-0.15, -0.1) is 0 Å². The first kappa shape index (κ1) is 72.5. The summed E-state index contributed by atoms with van der Waals surface area (Å²) in [7, 11) is -2.92. The first-order chi connectivity index (χ1) is 31.2. The molecular formula is C48H96BF12N3O3. The van der Waals surface area contributed by atoms with Gasteiger partial charge in [-0.2, -0.15) is 52.7 Å². The Kier molecular flexibility index (Phi) is 45.0. The van der Waals surface area contributed by atoms with Crippen molar-refractivity contribution in [3.8, 4) is 0 Å². The van der Waals surface area contributed by atoms with E-state index >= 15 is 0 Å². The average Bonchev–Trinajstić information content (AvgIpc) is 3.25. The minimum atomic E-state index is -4.26.